The number of hydrogen-bond donors (Lipinski definition) is 1. The number of amides is 1. The molecular formula is C19H20N2O4. The van der Waals surface area contributed by atoms with Crippen molar-refractivity contribution in [2.75, 3.05) is 19.5 Å². The molecule has 0 saturated carbocycles. The third-order valence-corrected chi connectivity index (χ3v) is 3.81. The average Bonchev–Trinajstić information content (AvgIpc) is 3.04. The molecule has 0 aliphatic heterocycles. The summed E-state index contributed by atoms with van der Waals surface area (Å²) in [5.41, 5.74) is 2.34. The molecule has 0 atom stereocenters. The average molecular weight is 340 g/mol. The molecule has 0 spiro atoms. The van der Waals surface area contributed by atoms with Crippen LogP contribution in [-0.4, -0.2) is 25.1 Å². The Bertz CT molecular complexity index is 893. The molecule has 0 aliphatic carbocycles. The van der Waals surface area contributed by atoms with Crippen molar-refractivity contribution in [3.63, 3.8) is 0 Å². The third-order valence-electron chi connectivity index (χ3n) is 3.81. The minimum Gasteiger partial charge on any atom is -0.496 e. The van der Waals surface area contributed by atoms with E-state index in [1.165, 1.54) is 14.2 Å². The summed E-state index contributed by atoms with van der Waals surface area (Å²) in [7, 11) is 3.03. The fraction of sp³-hybridized carbons (Fsp3) is 0.263. The number of carbonyl (C=O) groups is 1. The lowest BCUT2D eigenvalue weighted by atomic mass is 10.1. The van der Waals surface area contributed by atoms with Gasteiger partial charge < -0.3 is 19.2 Å². The summed E-state index contributed by atoms with van der Waals surface area (Å²) in [6.07, 6.45) is 0. The summed E-state index contributed by atoms with van der Waals surface area (Å²) in [6.45, 7) is 4.03. The van der Waals surface area contributed by atoms with Crippen LogP contribution in [0.2, 0.25) is 0 Å². The first-order valence-electron chi connectivity index (χ1n) is 7.96. The van der Waals surface area contributed by atoms with E-state index >= 15 is 0 Å². The van der Waals surface area contributed by atoms with Gasteiger partial charge in [-0.15, -0.1) is 0 Å². The highest BCUT2D eigenvalue weighted by atomic mass is 16.5. The Balaban J connectivity index is 1.92. The SMILES string of the molecule is COc1cccc(OC)c1C(=O)Nc1ccc2nc(C(C)C)oc2c1. The zero-order valence-corrected chi connectivity index (χ0v) is 14.6. The van der Waals surface area contributed by atoms with E-state index in [0.717, 1.165) is 5.52 Å². The zero-order chi connectivity index (χ0) is 18.0. The maximum atomic E-state index is 12.7. The lowest BCUT2D eigenvalue weighted by Crippen LogP contribution is -2.14. The number of carbonyl (C=O) groups excluding carboxylic acids is 1. The largest absolute Gasteiger partial charge is 0.496 e. The van der Waals surface area contributed by atoms with E-state index < -0.39 is 0 Å². The van der Waals surface area contributed by atoms with Crippen LogP contribution in [0, 0.1) is 0 Å². The van der Waals surface area contributed by atoms with E-state index in [0.29, 0.717) is 34.2 Å². The monoisotopic (exact) mass is 340 g/mol. The molecule has 1 aromatic heterocycles. The molecule has 0 bridgehead atoms. The van der Waals surface area contributed by atoms with Crippen molar-refractivity contribution in [2.24, 2.45) is 0 Å². The van der Waals surface area contributed by atoms with Gasteiger partial charge in [-0.2, -0.15) is 0 Å². The number of benzene rings is 2. The number of fused-ring (bicyclic) bond motifs is 1. The van der Waals surface area contributed by atoms with Crippen LogP contribution in [0.3, 0.4) is 0 Å². The number of oxazole rings is 1. The minimum atomic E-state index is -0.322. The van der Waals surface area contributed by atoms with Gasteiger partial charge in [0.15, 0.2) is 11.5 Å². The minimum absolute atomic E-state index is 0.197. The van der Waals surface area contributed by atoms with Gasteiger partial charge in [0.2, 0.25) is 0 Å². The normalized spacial score (nSPS) is 10.9. The van der Waals surface area contributed by atoms with Gasteiger partial charge in [-0.25, -0.2) is 4.98 Å². The first-order valence-corrected chi connectivity index (χ1v) is 7.96. The Hall–Kier alpha value is -3.02. The Kier molecular flexibility index (Phi) is 4.61. The first kappa shape index (κ1) is 16.8. The van der Waals surface area contributed by atoms with Crippen molar-refractivity contribution in [3.05, 3.63) is 47.9 Å². The van der Waals surface area contributed by atoms with Gasteiger partial charge >= 0.3 is 0 Å². The maximum absolute atomic E-state index is 12.7. The molecule has 0 radical (unpaired) electrons. The molecule has 6 nitrogen and oxygen atoms in total. The lowest BCUT2D eigenvalue weighted by molar-refractivity contribution is 0.102. The molecule has 0 saturated heterocycles. The molecule has 25 heavy (non-hydrogen) atoms. The van der Waals surface area contributed by atoms with Crippen LogP contribution in [0.5, 0.6) is 11.5 Å². The quantitative estimate of drug-likeness (QED) is 0.753. The summed E-state index contributed by atoms with van der Waals surface area (Å²) < 4.78 is 16.3. The van der Waals surface area contributed by atoms with E-state index in [1.54, 1.807) is 30.3 Å². The highest BCUT2D eigenvalue weighted by Gasteiger charge is 2.19. The first-order chi connectivity index (χ1) is 12.0. The van der Waals surface area contributed by atoms with E-state index in [-0.39, 0.29) is 11.8 Å². The van der Waals surface area contributed by atoms with Crippen LogP contribution >= 0.6 is 0 Å². The van der Waals surface area contributed by atoms with Gasteiger partial charge in [-0.05, 0) is 24.3 Å². The van der Waals surface area contributed by atoms with Crippen molar-refractivity contribution < 1.29 is 18.7 Å². The topological polar surface area (TPSA) is 73.6 Å². The van der Waals surface area contributed by atoms with Gasteiger partial charge in [0, 0.05) is 17.7 Å². The summed E-state index contributed by atoms with van der Waals surface area (Å²) in [5.74, 6) is 1.43. The highest BCUT2D eigenvalue weighted by molar-refractivity contribution is 6.08. The second-order valence-corrected chi connectivity index (χ2v) is 5.88. The molecule has 3 rings (SSSR count). The predicted octanol–water partition coefficient (Wildman–Crippen LogP) is 4.22. The number of hydrogen-bond acceptors (Lipinski definition) is 5. The molecule has 130 valence electrons. The summed E-state index contributed by atoms with van der Waals surface area (Å²) in [6, 6.07) is 10.6. The van der Waals surface area contributed by atoms with Gasteiger partial charge in [0.1, 0.15) is 22.6 Å². The van der Waals surface area contributed by atoms with Gasteiger partial charge in [0.25, 0.3) is 5.91 Å². The predicted molar refractivity (Wildman–Crippen MR) is 95.6 cm³/mol. The van der Waals surface area contributed by atoms with E-state index in [4.69, 9.17) is 13.9 Å². The van der Waals surface area contributed by atoms with Gasteiger partial charge in [-0.1, -0.05) is 19.9 Å². The number of ether oxygens (including phenoxy) is 2. The number of nitrogens with zero attached hydrogens (tertiary/aromatic N) is 1. The summed E-state index contributed by atoms with van der Waals surface area (Å²) in [4.78, 5) is 17.1. The molecule has 2 aromatic carbocycles. The van der Waals surface area contributed by atoms with Crippen LogP contribution in [0.15, 0.2) is 40.8 Å². The zero-order valence-electron chi connectivity index (χ0n) is 14.6. The second kappa shape index (κ2) is 6.84. The lowest BCUT2D eigenvalue weighted by Gasteiger charge is -2.12. The van der Waals surface area contributed by atoms with Crippen molar-refractivity contribution in [2.45, 2.75) is 19.8 Å². The smallest absolute Gasteiger partial charge is 0.263 e. The van der Waals surface area contributed by atoms with Crippen molar-refractivity contribution in [1.29, 1.82) is 0 Å². The Labute approximate surface area is 145 Å². The molecule has 1 N–H and O–H groups in total. The van der Waals surface area contributed by atoms with Gasteiger partial charge in [-0.3, -0.25) is 4.79 Å². The highest BCUT2D eigenvalue weighted by Crippen LogP contribution is 2.30. The molecule has 1 heterocycles. The van der Waals surface area contributed by atoms with Gasteiger partial charge in [0.05, 0.1) is 14.2 Å². The fourth-order valence-electron chi connectivity index (χ4n) is 2.54. The van der Waals surface area contributed by atoms with Crippen LogP contribution in [0.4, 0.5) is 5.69 Å². The van der Waals surface area contributed by atoms with Crippen LogP contribution < -0.4 is 14.8 Å². The fourth-order valence-corrected chi connectivity index (χ4v) is 2.54. The molecule has 1 amide bonds. The van der Waals surface area contributed by atoms with E-state index in [1.807, 2.05) is 19.9 Å². The van der Waals surface area contributed by atoms with Crippen molar-refractivity contribution in [1.82, 2.24) is 4.98 Å². The number of rotatable bonds is 5. The molecule has 6 heteroatoms. The van der Waals surface area contributed by atoms with Crippen LogP contribution in [0.1, 0.15) is 36.0 Å². The van der Waals surface area contributed by atoms with Crippen molar-refractivity contribution in [3.8, 4) is 11.5 Å². The maximum Gasteiger partial charge on any atom is 0.263 e. The second-order valence-electron chi connectivity index (χ2n) is 5.88. The Morgan fingerprint density at radius 2 is 1.80 bits per heavy atom. The summed E-state index contributed by atoms with van der Waals surface area (Å²) >= 11 is 0. The molecule has 0 aliphatic rings. The van der Waals surface area contributed by atoms with E-state index in [2.05, 4.69) is 10.3 Å². The third kappa shape index (κ3) is 3.28. The molecule has 0 fully saturated rings. The number of anilines is 1. The molecule has 3 aromatic rings. The van der Waals surface area contributed by atoms with Crippen molar-refractivity contribution >= 4 is 22.7 Å². The Morgan fingerprint density at radius 3 is 2.40 bits per heavy atom. The number of aromatic nitrogens is 1. The van der Waals surface area contributed by atoms with Crippen LogP contribution in [0.25, 0.3) is 11.1 Å². The molecule has 0 unspecified atom stereocenters. The standard InChI is InChI=1S/C19H20N2O4/c1-11(2)19-21-13-9-8-12(10-16(13)25-19)20-18(22)17-14(23-3)6-5-7-15(17)24-4/h5-11H,1-4H3,(H,20,22). The Morgan fingerprint density at radius 1 is 1.12 bits per heavy atom. The summed E-state index contributed by atoms with van der Waals surface area (Å²) in [5, 5.41) is 2.85. The number of methoxy groups -OCH3 is 2. The van der Waals surface area contributed by atoms with E-state index in [9.17, 15) is 4.79 Å². The number of nitrogens with one attached hydrogen (secondary N) is 1. The van der Waals surface area contributed by atoms with Crippen LogP contribution in [-0.2, 0) is 0 Å². The molecular weight excluding hydrogens is 320 g/mol.